The van der Waals surface area contributed by atoms with Crippen molar-refractivity contribution >= 4 is 11.7 Å². The van der Waals surface area contributed by atoms with Gasteiger partial charge >= 0.3 is 6.18 Å². The number of hydrogen-bond acceptors (Lipinski definition) is 2. The normalized spacial score (nSPS) is 18.4. The molecule has 0 saturated heterocycles. The fourth-order valence-corrected chi connectivity index (χ4v) is 4.04. The molecule has 2 aromatic rings. The number of benzene rings is 1. The lowest BCUT2D eigenvalue weighted by atomic mass is 9.79. The van der Waals surface area contributed by atoms with Gasteiger partial charge in [0.25, 0.3) is 0 Å². The highest BCUT2D eigenvalue weighted by Crippen LogP contribution is 2.60. The highest BCUT2D eigenvalue weighted by atomic mass is 19.4. The number of aryl methyl sites for hydroxylation is 1. The number of nitrogens with zero attached hydrogens (tertiary/aromatic N) is 2. The van der Waals surface area contributed by atoms with Crippen molar-refractivity contribution in [3.63, 3.8) is 0 Å². The summed E-state index contributed by atoms with van der Waals surface area (Å²) in [6.07, 6.45) is -1.59. The summed E-state index contributed by atoms with van der Waals surface area (Å²) in [5.74, 6) is -0.302. The van der Waals surface area contributed by atoms with E-state index in [0.29, 0.717) is 12.2 Å². The first kappa shape index (κ1) is 19.9. The first-order valence-corrected chi connectivity index (χ1v) is 9.85. The average molecular weight is 409 g/mol. The predicted molar refractivity (Wildman–Crippen MR) is 100.0 cm³/mol. The predicted octanol–water partition coefficient (Wildman–Crippen LogP) is 5.09. The molecule has 8 heteroatoms. The molecular weight excluding hydrogens is 386 g/mol. The minimum absolute atomic E-state index is 0.00435. The van der Waals surface area contributed by atoms with Gasteiger partial charge in [-0.1, -0.05) is 18.6 Å². The van der Waals surface area contributed by atoms with E-state index in [-0.39, 0.29) is 24.6 Å². The van der Waals surface area contributed by atoms with Gasteiger partial charge < -0.3 is 5.32 Å². The van der Waals surface area contributed by atoms with Crippen LogP contribution >= 0.6 is 0 Å². The number of anilines is 1. The summed E-state index contributed by atoms with van der Waals surface area (Å²) in [6.45, 7) is 0. The minimum atomic E-state index is -4.36. The van der Waals surface area contributed by atoms with Crippen LogP contribution in [-0.4, -0.2) is 21.9 Å². The van der Waals surface area contributed by atoms with Gasteiger partial charge in [-0.25, -0.2) is 4.39 Å². The largest absolute Gasteiger partial charge is 0.395 e. The molecule has 0 radical (unpaired) electrons. The van der Waals surface area contributed by atoms with E-state index in [1.807, 2.05) is 0 Å². The highest BCUT2D eigenvalue weighted by molar-refractivity contribution is 5.91. The molecule has 29 heavy (non-hydrogen) atoms. The van der Waals surface area contributed by atoms with Crippen LogP contribution in [0, 0.1) is 11.2 Å². The molecule has 156 valence electrons. The van der Waals surface area contributed by atoms with Crippen LogP contribution in [0.5, 0.6) is 0 Å². The van der Waals surface area contributed by atoms with Crippen molar-refractivity contribution in [2.45, 2.75) is 57.0 Å². The summed E-state index contributed by atoms with van der Waals surface area (Å²) < 4.78 is 54.7. The van der Waals surface area contributed by atoms with Crippen LogP contribution in [0.25, 0.3) is 0 Å². The Hall–Kier alpha value is -2.38. The molecule has 1 aromatic carbocycles. The topological polar surface area (TPSA) is 46.9 Å². The first-order chi connectivity index (χ1) is 13.7. The molecule has 0 atom stereocenters. The summed E-state index contributed by atoms with van der Waals surface area (Å²) in [5, 5.41) is 7.21. The second kappa shape index (κ2) is 7.15. The first-order valence-electron chi connectivity index (χ1n) is 9.85. The van der Waals surface area contributed by atoms with E-state index in [9.17, 15) is 22.4 Å². The van der Waals surface area contributed by atoms with Crippen molar-refractivity contribution in [1.82, 2.24) is 9.78 Å². The van der Waals surface area contributed by atoms with Gasteiger partial charge in [-0.2, -0.15) is 18.3 Å². The third kappa shape index (κ3) is 3.89. The third-order valence-electron chi connectivity index (χ3n) is 6.15. The number of carbonyl (C=O) groups excluding carboxylic acids is 1. The van der Waals surface area contributed by atoms with Crippen LogP contribution in [-0.2, 0) is 18.3 Å². The van der Waals surface area contributed by atoms with Gasteiger partial charge in [0.05, 0.1) is 11.1 Å². The zero-order valence-electron chi connectivity index (χ0n) is 16.2. The molecule has 4 rings (SSSR count). The maximum atomic E-state index is 13.5. The van der Waals surface area contributed by atoms with Gasteiger partial charge in [-0.3, -0.25) is 9.48 Å². The van der Waals surface area contributed by atoms with Crippen molar-refractivity contribution in [1.29, 1.82) is 0 Å². The maximum absolute atomic E-state index is 13.5. The summed E-state index contributed by atoms with van der Waals surface area (Å²) in [7, 11) is 1.67. The molecule has 0 bridgehead atoms. The lowest BCUT2D eigenvalue weighted by molar-refractivity contribution is -0.189. The SMILES string of the molecule is Cn1nc(Cc2cccc(F)c2)c(C2CCC2)c1NC(=O)CC1(C(F)(F)F)CC1. The van der Waals surface area contributed by atoms with Gasteiger partial charge in [0.15, 0.2) is 0 Å². The Morgan fingerprint density at radius 1 is 1.31 bits per heavy atom. The number of halogens is 4. The second-order valence-electron chi connectivity index (χ2n) is 8.27. The van der Waals surface area contributed by atoms with Crippen LogP contribution < -0.4 is 5.32 Å². The molecule has 0 unspecified atom stereocenters. The van der Waals surface area contributed by atoms with Gasteiger partial charge in [0.2, 0.25) is 5.91 Å². The Morgan fingerprint density at radius 3 is 2.59 bits per heavy atom. The smallest absolute Gasteiger partial charge is 0.311 e. The van der Waals surface area contributed by atoms with Gasteiger partial charge in [0.1, 0.15) is 11.6 Å². The standard InChI is InChI=1S/C21H23F4N3O/c1-28-19(26-17(29)12-20(8-9-20)21(23,24)25)18(14-5-3-6-14)16(27-28)11-13-4-2-7-15(22)10-13/h2,4,7,10,14H,3,5-6,8-9,11-12H2,1H3,(H,26,29). The summed E-state index contributed by atoms with van der Waals surface area (Å²) in [4.78, 5) is 12.5. The summed E-state index contributed by atoms with van der Waals surface area (Å²) in [5.41, 5.74) is 0.482. The van der Waals surface area contributed by atoms with E-state index >= 15 is 0 Å². The Bertz CT molecular complexity index is 926. The molecule has 1 aromatic heterocycles. The van der Waals surface area contributed by atoms with Crippen molar-refractivity contribution in [2.24, 2.45) is 12.5 Å². The number of aromatic nitrogens is 2. The third-order valence-corrected chi connectivity index (χ3v) is 6.15. The molecule has 1 N–H and O–H groups in total. The molecule has 2 aliphatic rings. The van der Waals surface area contributed by atoms with Crippen molar-refractivity contribution < 1.29 is 22.4 Å². The minimum Gasteiger partial charge on any atom is -0.311 e. The van der Waals surface area contributed by atoms with E-state index in [2.05, 4.69) is 10.4 Å². The van der Waals surface area contributed by atoms with E-state index in [1.54, 1.807) is 19.2 Å². The maximum Gasteiger partial charge on any atom is 0.395 e. The Labute approximate surface area is 166 Å². The molecule has 1 heterocycles. The number of rotatable bonds is 6. The van der Waals surface area contributed by atoms with Crippen molar-refractivity contribution in [3.05, 3.63) is 46.9 Å². The molecule has 4 nitrogen and oxygen atoms in total. The number of carbonyl (C=O) groups is 1. The van der Waals surface area contributed by atoms with Crippen LogP contribution in [0.1, 0.15) is 61.3 Å². The van der Waals surface area contributed by atoms with Crippen LogP contribution in [0.4, 0.5) is 23.4 Å². The van der Waals surface area contributed by atoms with Crippen LogP contribution in [0.3, 0.4) is 0 Å². The number of amides is 1. The highest BCUT2D eigenvalue weighted by Gasteiger charge is 2.63. The van der Waals surface area contributed by atoms with E-state index in [1.165, 1.54) is 16.8 Å². The molecular formula is C21H23F4N3O. The number of nitrogens with one attached hydrogen (secondary N) is 1. The van der Waals surface area contributed by atoms with E-state index in [0.717, 1.165) is 36.1 Å². The lowest BCUT2D eigenvalue weighted by Crippen LogP contribution is -2.30. The number of alkyl halides is 3. The zero-order valence-corrected chi connectivity index (χ0v) is 16.2. The quantitative estimate of drug-likeness (QED) is 0.676. The summed E-state index contributed by atoms with van der Waals surface area (Å²) >= 11 is 0. The molecule has 0 aliphatic heterocycles. The number of hydrogen-bond donors (Lipinski definition) is 1. The molecule has 1 amide bonds. The summed E-state index contributed by atoms with van der Waals surface area (Å²) in [6, 6.07) is 6.25. The van der Waals surface area contributed by atoms with E-state index < -0.39 is 23.9 Å². The Balaban J connectivity index is 1.58. The zero-order chi connectivity index (χ0) is 20.8. The van der Waals surface area contributed by atoms with Crippen molar-refractivity contribution in [2.75, 3.05) is 5.32 Å². The van der Waals surface area contributed by atoms with Crippen LogP contribution in [0.2, 0.25) is 0 Å². The van der Waals surface area contributed by atoms with Gasteiger partial charge in [-0.05, 0) is 49.3 Å². The molecule has 0 spiro atoms. The molecule has 2 fully saturated rings. The molecule has 2 aliphatic carbocycles. The van der Waals surface area contributed by atoms with Crippen LogP contribution in [0.15, 0.2) is 24.3 Å². The fourth-order valence-electron chi connectivity index (χ4n) is 4.04. The average Bonchev–Trinajstić information content (AvgIpc) is 3.30. The lowest BCUT2D eigenvalue weighted by Gasteiger charge is -2.27. The van der Waals surface area contributed by atoms with E-state index in [4.69, 9.17) is 0 Å². The van der Waals surface area contributed by atoms with Gasteiger partial charge in [-0.15, -0.1) is 0 Å². The molecule has 2 saturated carbocycles. The van der Waals surface area contributed by atoms with Crippen molar-refractivity contribution in [3.8, 4) is 0 Å². The Kier molecular flexibility index (Phi) is 4.91. The second-order valence-corrected chi connectivity index (χ2v) is 8.27. The fraction of sp³-hybridized carbons (Fsp3) is 0.524. The Morgan fingerprint density at radius 2 is 2.03 bits per heavy atom. The van der Waals surface area contributed by atoms with Gasteiger partial charge in [0, 0.05) is 25.5 Å². The monoisotopic (exact) mass is 409 g/mol.